The average molecular weight is 555 g/mol. The van der Waals surface area contributed by atoms with E-state index in [9.17, 15) is 29.1 Å². The third kappa shape index (κ3) is 9.65. The number of likely N-dealkylation sites (N-methyl/N-ethyl adjacent to an activating group) is 1. The van der Waals surface area contributed by atoms with Gasteiger partial charge in [-0.05, 0) is 38.0 Å². The first kappa shape index (κ1) is 34.7. The summed E-state index contributed by atoms with van der Waals surface area (Å²) in [5.74, 6) is -2.90. The van der Waals surface area contributed by atoms with Gasteiger partial charge in [-0.2, -0.15) is 0 Å². The van der Waals surface area contributed by atoms with Crippen molar-refractivity contribution in [3.8, 4) is 0 Å². The minimum absolute atomic E-state index is 0.115. The summed E-state index contributed by atoms with van der Waals surface area (Å²) in [6, 6.07) is -3.86. The van der Waals surface area contributed by atoms with E-state index in [4.69, 9.17) is 4.74 Å². The lowest BCUT2D eigenvalue weighted by molar-refractivity contribution is -0.142. The molecule has 1 heterocycles. The summed E-state index contributed by atoms with van der Waals surface area (Å²) < 4.78 is 5.30. The molecule has 1 saturated heterocycles. The number of aliphatic hydroxyl groups is 1. The first-order valence-electron chi connectivity index (χ1n) is 14.0. The summed E-state index contributed by atoms with van der Waals surface area (Å²) in [6.07, 6.45) is 0.360. The zero-order valence-corrected chi connectivity index (χ0v) is 25.3. The van der Waals surface area contributed by atoms with E-state index in [1.807, 2.05) is 34.6 Å². The van der Waals surface area contributed by atoms with Crippen LogP contribution in [0.3, 0.4) is 0 Å². The summed E-state index contributed by atoms with van der Waals surface area (Å²) in [5.41, 5.74) is -0.923. The molecule has 8 atom stereocenters. The third-order valence-corrected chi connectivity index (χ3v) is 7.67. The molecular weight excluding hydrogens is 504 g/mol. The number of aliphatic hydroxyl groups excluding tert-OH is 1. The molecule has 0 radical (unpaired) electrons. The summed E-state index contributed by atoms with van der Waals surface area (Å²) in [5, 5.41) is 18.4. The Kier molecular flexibility index (Phi) is 13.2. The molecule has 11 heteroatoms. The maximum Gasteiger partial charge on any atom is 0.249 e. The van der Waals surface area contributed by atoms with Crippen LogP contribution in [-0.4, -0.2) is 88.9 Å². The van der Waals surface area contributed by atoms with E-state index in [1.165, 1.54) is 18.7 Å². The number of carbonyl (C=O) groups excluding carboxylic acids is 5. The number of ketones is 1. The van der Waals surface area contributed by atoms with Gasteiger partial charge < -0.3 is 20.1 Å². The fourth-order valence-corrected chi connectivity index (χ4v) is 4.44. The Bertz CT molecular complexity index is 887. The van der Waals surface area contributed by atoms with Crippen molar-refractivity contribution in [2.45, 2.75) is 117 Å². The van der Waals surface area contributed by atoms with Crippen LogP contribution in [0, 0.1) is 17.8 Å². The Labute approximate surface area is 233 Å². The van der Waals surface area contributed by atoms with E-state index in [0.29, 0.717) is 25.9 Å². The van der Waals surface area contributed by atoms with Crippen LogP contribution in [0.15, 0.2) is 0 Å². The molecule has 11 nitrogen and oxygen atoms in total. The number of ether oxygens (including phenoxy) is 1. The second kappa shape index (κ2) is 14.9. The van der Waals surface area contributed by atoms with E-state index in [-0.39, 0.29) is 29.4 Å². The van der Waals surface area contributed by atoms with Crippen molar-refractivity contribution < 1.29 is 33.8 Å². The normalized spacial score (nSPS) is 22.1. The standard InChI is InChI=1S/C28H50N4O7/c1-11-16(5)21(30-27(38)23(17(6)12-2)32(10)19(8)34)25(36)31-26(37)22(18(7)33)29-20(13-15(3)4)24(35)28(9)14-39-28/h15-18,20-23,29,33H,11-14H2,1-10H3,(H,30,38)(H,31,36,37)/t16-,17-,18+,20?,21-,22-,23-,28+/m0/s1. The van der Waals surface area contributed by atoms with Gasteiger partial charge in [0.05, 0.1) is 18.8 Å². The van der Waals surface area contributed by atoms with Crippen LogP contribution in [0.25, 0.3) is 0 Å². The molecule has 0 aliphatic carbocycles. The summed E-state index contributed by atoms with van der Waals surface area (Å²) in [7, 11) is 1.54. The predicted octanol–water partition coefficient (Wildman–Crippen LogP) is 1.16. The smallest absolute Gasteiger partial charge is 0.249 e. The van der Waals surface area contributed by atoms with E-state index in [1.54, 1.807) is 20.9 Å². The highest BCUT2D eigenvalue weighted by molar-refractivity contribution is 6.02. The van der Waals surface area contributed by atoms with E-state index >= 15 is 0 Å². The van der Waals surface area contributed by atoms with E-state index in [2.05, 4.69) is 16.0 Å². The molecule has 1 aliphatic rings. The molecule has 1 rings (SSSR count). The fourth-order valence-electron chi connectivity index (χ4n) is 4.44. The van der Waals surface area contributed by atoms with Gasteiger partial charge in [0.25, 0.3) is 0 Å². The second-order valence-corrected chi connectivity index (χ2v) is 11.6. The maximum absolute atomic E-state index is 13.3. The zero-order valence-electron chi connectivity index (χ0n) is 25.3. The molecule has 224 valence electrons. The number of imide groups is 1. The van der Waals surface area contributed by atoms with Crippen LogP contribution in [-0.2, 0) is 28.7 Å². The Morgan fingerprint density at radius 2 is 1.44 bits per heavy atom. The maximum atomic E-state index is 13.3. The minimum atomic E-state index is -1.26. The number of hydrogen-bond acceptors (Lipinski definition) is 8. The third-order valence-electron chi connectivity index (χ3n) is 7.67. The van der Waals surface area contributed by atoms with E-state index in [0.717, 1.165) is 0 Å². The molecule has 0 aromatic rings. The molecule has 1 unspecified atom stereocenters. The van der Waals surface area contributed by atoms with Crippen LogP contribution in [0.5, 0.6) is 0 Å². The Balaban J connectivity index is 3.13. The number of rotatable bonds is 16. The number of carbonyl (C=O) groups is 5. The van der Waals surface area contributed by atoms with Gasteiger partial charge in [-0.3, -0.25) is 34.6 Å². The first-order valence-corrected chi connectivity index (χ1v) is 14.0. The van der Waals surface area contributed by atoms with Crippen LogP contribution in [0.4, 0.5) is 0 Å². The lowest BCUT2D eigenvalue weighted by atomic mass is 9.92. The zero-order chi connectivity index (χ0) is 30.2. The number of hydrogen-bond donors (Lipinski definition) is 4. The van der Waals surface area contributed by atoms with Crippen LogP contribution in [0.2, 0.25) is 0 Å². The van der Waals surface area contributed by atoms with E-state index < -0.39 is 53.6 Å². The number of epoxide rings is 1. The lowest BCUT2D eigenvalue weighted by Crippen LogP contribution is -2.61. The average Bonchev–Trinajstić information content (AvgIpc) is 3.61. The van der Waals surface area contributed by atoms with Crippen molar-refractivity contribution >= 4 is 29.4 Å². The number of nitrogens with zero attached hydrogens (tertiary/aromatic N) is 1. The number of amides is 4. The van der Waals surface area contributed by atoms with Gasteiger partial charge >= 0.3 is 0 Å². The van der Waals surface area contributed by atoms with Crippen molar-refractivity contribution in [1.29, 1.82) is 0 Å². The SMILES string of the molecule is CC[C@H](C)[C@H](NC(=O)[C@H]([C@@H](C)CC)N(C)C(C)=O)C(=O)NC(=O)[C@@H](NC(CC(C)C)C(=O)[C@@]1(C)CO1)[C@@H](C)O. The van der Waals surface area contributed by atoms with Gasteiger partial charge in [-0.1, -0.05) is 54.4 Å². The molecular formula is C28H50N4O7. The van der Waals surface area contributed by atoms with Gasteiger partial charge in [-0.25, -0.2) is 0 Å². The van der Waals surface area contributed by atoms with Crippen molar-refractivity contribution in [1.82, 2.24) is 20.9 Å². The minimum Gasteiger partial charge on any atom is -0.391 e. The van der Waals surface area contributed by atoms with Crippen LogP contribution >= 0.6 is 0 Å². The van der Waals surface area contributed by atoms with Gasteiger partial charge in [0.15, 0.2) is 5.78 Å². The topological polar surface area (TPSA) is 157 Å². The predicted molar refractivity (Wildman–Crippen MR) is 147 cm³/mol. The molecule has 4 N–H and O–H groups in total. The molecule has 0 aromatic carbocycles. The van der Waals surface area contributed by atoms with Gasteiger partial charge in [0, 0.05) is 14.0 Å². The molecule has 0 spiro atoms. The number of Topliss-reactive ketones (excluding diaryl/α,β-unsaturated/α-hetero) is 1. The van der Waals surface area contributed by atoms with Crippen LogP contribution in [0.1, 0.15) is 81.6 Å². The molecule has 0 aromatic heterocycles. The van der Waals surface area contributed by atoms with Crippen LogP contribution < -0.4 is 16.0 Å². The van der Waals surface area contributed by atoms with Crippen molar-refractivity contribution in [3.63, 3.8) is 0 Å². The molecule has 0 saturated carbocycles. The summed E-state index contributed by atoms with van der Waals surface area (Å²) >= 11 is 0. The van der Waals surface area contributed by atoms with Crippen molar-refractivity contribution in [2.75, 3.05) is 13.7 Å². The Morgan fingerprint density at radius 1 is 0.923 bits per heavy atom. The Morgan fingerprint density at radius 3 is 1.85 bits per heavy atom. The van der Waals surface area contributed by atoms with Crippen molar-refractivity contribution in [2.24, 2.45) is 17.8 Å². The highest BCUT2D eigenvalue weighted by atomic mass is 16.6. The van der Waals surface area contributed by atoms with Gasteiger partial charge in [0.2, 0.25) is 23.6 Å². The monoisotopic (exact) mass is 554 g/mol. The second-order valence-electron chi connectivity index (χ2n) is 11.6. The Hall–Kier alpha value is -2.37. The molecule has 1 fully saturated rings. The number of nitrogens with one attached hydrogen (secondary N) is 3. The lowest BCUT2D eigenvalue weighted by Gasteiger charge is -2.33. The van der Waals surface area contributed by atoms with Gasteiger partial charge in [-0.15, -0.1) is 0 Å². The van der Waals surface area contributed by atoms with Gasteiger partial charge in [0.1, 0.15) is 23.7 Å². The molecule has 39 heavy (non-hydrogen) atoms. The molecule has 4 amide bonds. The first-order chi connectivity index (χ1) is 18.0. The summed E-state index contributed by atoms with van der Waals surface area (Å²) in [4.78, 5) is 66.3. The molecule has 0 bridgehead atoms. The van der Waals surface area contributed by atoms with Crippen molar-refractivity contribution in [3.05, 3.63) is 0 Å². The quantitative estimate of drug-likeness (QED) is 0.207. The highest BCUT2D eigenvalue weighted by Crippen LogP contribution is 2.30. The highest BCUT2D eigenvalue weighted by Gasteiger charge is 2.50. The summed E-state index contributed by atoms with van der Waals surface area (Å²) in [6.45, 7) is 16.0. The molecule has 1 aliphatic heterocycles. The fraction of sp³-hybridized carbons (Fsp3) is 0.821. The largest absolute Gasteiger partial charge is 0.391 e.